The Balaban J connectivity index is 3.54. The Bertz CT molecular complexity index is 553. The molecule has 1 amide bonds. The summed E-state index contributed by atoms with van der Waals surface area (Å²) in [5.74, 6) is -0.0428. The normalized spacial score (nSPS) is 13.6. The highest BCUT2D eigenvalue weighted by atomic mass is 16.1. The summed E-state index contributed by atoms with van der Waals surface area (Å²) in [5, 5.41) is 0. The Kier molecular flexibility index (Phi) is 24.0. The van der Waals surface area contributed by atoms with Crippen LogP contribution >= 0.6 is 0 Å². The van der Waals surface area contributed by atoms with Crippen molar-refractivity contribution in [3.63, 3.8) is 0 Å². The van der Waals surface area contributed by atoms with Gasteiger partial charge in [0.25, 0.3) is 0 Å². The number of carbonyl (C=O) groups is 1. The number of hydrogen-bond donors (Lipinski definition) is 1. The van der Waals surface area contributed by atoms with Crippen LogP contribution in [-0.2, 0) is 4.79 Å². The Morgan fingerprint density at radius 1 is 0.562 bits per heavy atom. The van der Waals surface area contributed by atoms with Gasteiger partial charge in [0.1, 0.15) is 0 Å². The molecule has 0 heterocycles. The van der Waals surface area contributed by atoms with E-state index in [1.165, 1.54) is 51.4 Å². The number of carbonyl (C=O) groups excluding carboxylic acids is 1. The summed E-state index contributed by atoms with van der Waals surface area (Å²) in [4.78, 5) is 11.4. The van der Waals surface area contributed by atoms with E-state index < -0.39 is 0 Å². The van der Waals surface area contributed by atoms with Gasteiger partial charge in [-0.1, -0.05) is 113 Å². The first-order valence-corrected chi connectivity index (χ1v) is 13.3. The molecule has 2 N–H and O–H groups in total. The summed E-state index contributed by atoms with van der Waals surface area (Å²) in [6.07, 6.45) is 40.7. The van der Waals surface area contributed by atoms with E-state index in [9.17, 15) is 4.79 Å². The fraction of sp³-hybridized carbons (Fsp3) is 0.633. The maximum Gasteiger partial charge on any atom is 0.220 e. The molecular formula is C30H51NO. The second kappa shape index (κ2) is 25.4. The molecule has 0 aliphatic carbocycles. The summed E-state index contributed by atoms with van der Waals surface area (Å²) >= 11 is 0. The second-order valence-electron chi connectivity index (χ2n) is 8.76. The Morgan fingerprint density at radius 2 is 0.969 bits per heavy atom. The van der Waals surface area contributed by atoms with E-state index in [2.05, 4.69) is 74.6 Å². The molecule has 0 aliphatic heterocycles. The van der Waals surface area contributed by atoms with Crippen LogP contribution in [0, 0.1) is 5.92 Å². The van der Waals surface area contributed by atoms with Crippen LogP contribution in [-0.4, -0.2) is 5.91 Å². The van der Waals surface area contributed by atoms with Crippen molar-refractivity contribution in [2.75, 3.05) is 0 Å². The Morgan fingerprint density at radius 3 is 1.44 bits per heavy atom. The number of rotatable bonds is 22. The fourth-order valence-corrected chi connectivity index (χ4v) is 3.57. The van der Waals surface area contributed by atoms with Crippen LogP contribution < -0.4 is 5.73 Å². The number of hydrogen-bond acceptors (Lipinski definition) is 1. The molecule has 1 atom stereocenters. The van der Waals surface area contributed by atoms with E-state index in [1.54, 1.807) is 0 Å². The third-order valence-corrected chi connectivity index (χ3v) is 5.69. The molecule has 0 aromatic rings. The van der Waals surface area contributed by atoms with Crippen molar-refractivity contribution in [1.82, 2.24) is 0 Å². The van der Waals surface area contributed by atoms with Crippen LogP contribution in [0.4, 0.5) is 0 Å². The lowest BCUT2D eigenvalue weighted by Crippen LogP contribution is -2.23. The molecule has 0 aromatic heterocycles. The van der Waals surface area contributed by atoms with Gasteiger partial charge in [-0.2, -0.15) is 0 Å². The van der Waals surface area contributed by atoms with Crippen LogP contribution in [0.25, 0.3) is 0 Å². The Hall–Kier alpha value is -1.83. The summed E-state index contributed by atoms with van der Waals surface area (Å²) < 4.78 is 0. The topological polar surface area (TPSA) is 43.1 Å². The minimum atomic E-state index is -0.120. The molecule has 2 nitrogen and oxygen atoms in total. The zero-order chi connectivity index (χ0) is 23.5. The molecule has 0 saturated carbocycles. The lowest BCUT2D eigenvalue weighted by molar-refractivity contribution is -0.122. The molecule has 0 radical (unpaired) electrons. The molecule has 182 valence electrons. The monoisotopic (exact) mass is 441 g/mol. The van der Waals surface area contributed by atoms with Gasteiger partial charge in [0.15, 0.2) is 0 Å². The molecule has 1 unspecified atom stereocenters. The van der Waals surface area contributed by atoms with E-state index in [0.717, 1.165) is 51.4 Å². The number of nitrogens with two attached hydrogens (primary N) is 1. The van der Waals surface area contributed by atoms with Crippen molar-refractivity contribution in [3.05, 3.63) is 60.8 Å². The smallest absolute Gasteiger partial charge is 0.220 e. The number of unbranched alkanes of at least 4 members (excludes halogenated alkanes) is 10. The maximum absolute atomic E-state index is 11.4. The zero-order valence-electron chi connectivity index (χ0n) is 21.2. The largest absolute Gasteiger partial charge is 0.369 e. The van der Waals surface area contributed by atoms with Gasteiger partial charge < -0.3 is 5.73 Å². The lowest BCUT2D eigenvalue weighted by Gasteiger charge is -2.11. The highest BCUT2D eigenvalue weighted by Crippen LogP contribution is 2.16. The summed E-state index contributed by atoms with van der Waals surface area (Å²) in [6, 6.07) is 0. The van der Waals surface area contributed by atoms with Gasteiger partial charge in [-0.25, -0.2) is 0 Å². The summed E-state index contributed by atoms with van der Waals surface area (Å²) in [5.41, 5.74) is 5.50. The minimum Gasteiger partial charge on any atom is -0.369 e. The van der Waals surface area contributed by atoms with E-state index in [-0.39, 0.29) is 11.8 Å². The first-order chi connectivity index (χ1) is 15.7. The first kappa shape index (κ1) is 30.2. The van der Waals surface area contributed by atoms with Gasteiger partial charge in [0.05, 0.1) is 0 Å². The third kappa shape index (κ3) is 22.8. The molecule has 0 fully saturated rings. The maximum atomic E-state index is 11.4. The van der Waals surface area contributed by atoms with E-state index in [4.69, 9.17) is 5.73 Å². The summed E-state index contributed by atoms with van der Waals surface area (Å²) in [6.45, 7) is 4.40. The van der Waals surface area contributed by atoms with Crippen molar-refractivity contribution < 1.29 is 4.79 Å². The SMILES string of the molecule is CCCCCC=CC=CC=CCCCCCC=CC=CCCCCC(CCCC)C(N)=O. The molecule has 32 heavy (non-hydrogen) atoms. The molecule has 0 aromatic carbocycles. The van der Waals surface area contributed by atoms with Crippen LogP contribution in [0.5, 0.6) is 0 Å². The molecule has 0 spiro atoms. The van der Waals surface area contributed by atoms with Crippen LogP contribution in [0.1, 0.15) is 117 Å². The quantitative estimate of drug-likeness (QED) is 0.132. The average Bonchev–Trinajstić information content (AvgIpc) is 2.79. The van der Waals surface area contributed by atoms with Gasteiger partial charge in [0, 0.05) is 5.92 Å². The molecule has 0 aliphatic rings. The summed E-state index contributed by atoms with van der Waals surface area (Å²) in [7, 11) is 0. The Labute approximate surface area is 199 Å². The van der Waals surface area contributed by atoms with Crippen molar-refractivity contribution in [2.45, 2.75) is 117 Å². The average molecular weight is 442 g/mol. The van der Waals surface area contributed by atoms with Crippen molar-refractivity contribution in [1.29, 1.82) is 0 Å². The fourth-order valence-electron chi connectivity index (χ4n) is 3.57. The number of amides is 1. The molecule has 0 rings (SSSR count). The van der Waals surface area contributed by atoms with Gasteiger partial charge in [-0.05, 0) is 64.2 Å². The van der Waals surface area contributed by atoms with Crippen molar-refractivity contribution >= 4 is 5.91 Å². The van der Waals surface area contributed by atoms with Crippen LogP contribution in [0.3, 0.4) is 0 Å². The van der Waals surface area contributed by atoms with Gasteiger partial charge >= 0.3 is 0 Å². The number of primary amides is 1. The third-order valence-electron chi connectivity index (χ3n) is 5.69. The van der Waals surface area contributed by atoms with E-state index >= 15 is 0 Å². The van der Waals surface area contributed by atoms with E-state index in [0.29, 0.717) is 0 Å². The highest BCUT2D eigenvalue weighted by molar-refractivity contribution is 5.76. The predicted molar refractivity (Wildman–Crippen MR) is 144 cm³/mol. The highest BCUT2D eigenvalue weighted by Gasteiger charge is 2.13. The van der Waals surface area contributed by atoms with Crippen molar-refractivity contribution in [2.24, 2.45) is 11.7 Å². The lowest BCUT2D eigenvalue weighted by atomic mass is 9.95. The van der Waals surface area contributed by atoms with Gasteiger partial charge in [-0.3, -0.25) is 4.79 Å². The molecule has 2 heteroatoms. The van der Waals surface area contributed by atoms with E-state index in [1.807, 2.05) is 0 Å². The second-order valence-corrected chi connectivity index (χ2v) is 8.76. The van der Waals surface area contributed by atoms with Crippen LogP contribution in [0.2, 0.25) is 0 Å². The first-order valence-electron chi connectivity index (χ1n) is 13.3. The van der Waals surface area contributed by atoms with Gasteiger partial charge in [0.2, 0.25) is 5.91 Å². The molecular weight excluding hydrogens is 390 g/mol. The van der Waals surface area contributed by atoms with Crippen molar-refractivity contribution in [3.8, 4) is 0 Å². The van der Waals surface area contributed by atoms with Gasteiger partial charge in [-0.15, -0.1) is 0 Å². The molecule has 0 saturated heterocycles. The molecule has 0 bridgehead atoms. The minimum absolute atomic E-state index is 0.0769. The standard InChI is InChI=1S/C30H51NO/c1-3-5-7-8-9-10-11-12-13-14-15-16-17-18-19-20-21-22-23-24-25-26-28-29(30(31)32)27-6-4-2/h9-14,20-23,29H,3-8,15-19,24-28H2,1-2H3,(H2,31,32). The zero-order valence-corrected chi connectivity index (χ0v) is 21.2. The van der Waals surface area contributed by atoms with Crippen LogP contribution in [0.15, 0.2) is 60.8 Å². The predicted octanol–water partition coefficient (Wildman–Crippen LogP) is 9.15. The number of allylic oxidation sites excluding steroid dienone is 10.